The zero-order valence-electron chi connectivity index (χ0n) is 23.2. The monoisotopic (exact) mass is 557 g/mol. The predicted molar refractivity (Wildman–Crippen MR) is 152 cm³/mol. The predicted octanol–water partition coefficient (Wildman–Crippen LogP) is 4.94. The van der Waals surface area contributed by atoms with Crippen molar-refractivity contribution in [2.45, 2.75) is 45.7 Å². The minimum absolute atomic E-state index is 0.0567. The third-order valence-corrected chi connectivity index (χ3v) is 7.30. The highest BCUT2D eigenvalue weighted by Crippen LogP contribution is 2.33. The molecule has 5 rings (SSSR count). The average molecular weight is 558 g/mol. The second-order valence-corrected chi connectivity index (χ2v) is 10.2. The molecule has 0 aliphatic carbocycles. The average Bonchev–Trinajstić information content (AvgIpc) is 3.63. The van der Waals surface area contributed by atoms with Crippen LogP contribution < -0.4 is 10.1 Å². The number of Topliss-reactive ketones (excluding diaryl/α,β-unsaturated/α-hetero) is 1. The van der Waals surface area contributed by atoms with Crippen LogP contribution in [0.2, 0.25) is 0 Å². The Balaban J connectivity index is 1.49. The summed E-state index contributed by atoms with van der Waals surface area (Å²) in [5, 5.41) is 7.64. The number of ether oxygens (including phenoxy) is 1. The van der Waals surface area contributed by atoms with E-state index in [0.717, 1.165) is 11.3 Å². The molecular weight excluding hydrogens is 525 g/mol. The molecule has 9 nitrogen and oxygen atoms in total. The van der Waals surface area contributed by atoms with Crippen molar-refractivity contribution in [1.29, 1.82) is 0 Å². The Morgan fingerprint density at radius 3 is 2.61 bits per heavy atom. The number of aromatic nitrogens is 3. The van der Waals surface area contributed by atoms with Crippen LogP contribution in [-0.4, -0.2) is 50.9 Å². The van der Waals surface area contributed by atoms with Gasteiger partial charge in [-0.15, -0.1) is 0 Å². The van der Waals surface area contributed by atoms with Gasteiger partial charge in [-0.3, -0.25) is 19.1 Å². The first-order valence-corrected chi connectivity index (χ1v) is 13.5. The van der Waals surface area contributed by atoms with Gasteiger partial charge < -0.3 is 19.9 Å². The number of halogens is 1. The van der Waals surface area contributed by atoms with Crippen LogP contribution in [0, 0.1) is 5.82 Å². The fourth-order valence-electron chi connectivity index (χ4n) is 5.27. The van der Waals surface area contributed by atoms with Gasteiger partial charge in [-0.1, -0.05) is 26.0 Å². The summed E-state index contributed by atoms with van der Waals surface area (Å²) in [5.41, 5.74) is 4.22. The van der Waals surface area contributed by atoms with E-state index in [2.05, 4.69) is 10.3 Å². The summed E-state index contributed by atoms with van der Waals surface area (Å²) >= 11 is 0. The third-order valence-electron chi connectivity index (χ3n) is 7.30. The Kier molecular flexibility index (Phi) is 8.00. The number of carbonyl (C=O) groups excluding carboxylic acids is 3. The lowest BCUT2D eigenvalue weighted by atomic mass is 9.95. The highest BCUT2D eigenvalue weighted by atomic mass is 19.1. The van der Waals surface area contributed by atoms with E-state index in [1.165, 1.54) is 19.2 Å². The largest absolute Gasteiger partial charge is 0.496 e. The molecule has 4 aromatic rings. The van der Waals surface area contributed by atoms with Crippen LogP contribution in [0.25, 0.3) is 0 Å². The number of benzene rings is 2. The molecule has 2 amide bonds. The second kappa shape index (κ2) is 11.8. The molecular formula is C31H32FN5O4. The number of carbonyl (C=O) groups is 3. The van der Waals surface area contributed by atoms with Crippen LogP contribution in [0.4, 0.5) is 10.1 Å². The highest BCUT2D eigenvalue weighted by molar-refractivity contribution is 6.04. The number of rotatable bonds is 9. The number of hydrogen-bond donors (Lipinski definition) is 2. The number of anilines is 1. The lowest BCUT2D eigenvalue weighted by Gasteiger charge is -2.32. The molecule has 10 heteroatoms. The van der Waals surface area contributed by atoms with Crippen molar-refractivity contribution < 1.29 is 23.5 Å². The SMILES string of the molecule is CCC(=O)Cc1cc(NC(=O)c2nn(Cc3ccc(F)cc3)c3c2CN(C(=O)c2ccc[nH]2)CC3C)ccc1OC. The fourth-order valence-corrected chi connectivity index (χ4v) is 5.27. The molecule has 1 aliphatic rings. The Morgan fingerprint density at radius 2 is 1.93 bits per heavy atom. The number of hydrogen-bond acceptors (Lipinski definition) is 5. The Bertz CT molecular complexity index is 1580. The molecule has 0 fully saturated rings. The van der Waals surface area contributed by atoms with Crippen LogP contribution >= 0.6 is 0 Å². The van der Waals surface area contributed by atoms with E-state index >= 15 is 0 Å². The van der Waals surface area contributed by atoms with E-state index < -0.39 is 5.91 Å². The maximum atomic E-state index is 13.7. The first-order valence-electron chi connectivity index (χ1n) is 13.5. The summed E-state index contributed by atoms with van der Waals surface area (Å²) in [7, 11) is 1.54. The van der Waals surface area contributed by atoms with Gasteiger partial charge in [0.1, 0.15) is 23.0 Å². The van der Waals surface area contributed by atoms with Crippen molar-refractivity contribution in [1.82, 2.24) is 19.7 Å². The Labute approximate surface area is 237 Å². The standard InChI is InChI=1S/C31H32FN5O4/c1-4-24(38)15-21-14-23(11-12-27(21)41-3)34-30(39)28-25-18-36(31(40)26-6-5-13-33-26)16-19(2)29(25)37(35-28)17-20-7-9-22(32)10-8-20/h5-14,19,33H,4,15-18H2,1-3H3,(H,34,39). The summed E-state index contributed by atoms with van der Waals surface area (Å²) in [6, 6.07) is 14.8. The minimum atomic E-state index is -0.432. The third kappa shape index (κ3) is 5.91. The van der Waals surface area contributed by atoms with E-state index in [1.54, 1.807) is 65.2 Å². The number of methoxy groups -OCH3 is 1. The van der Waals surface area contributed by atoms with Gasteiger partial charge in [0.2, 0.25) is 0 Å². The number of fused-ring (bicyclic) bond motifs is 1. The summed E-state index contributed by atoms with van der Waals surface area (Å²) in [5.74, 6) is -0.411. The summed E-state index contributed by atoms with van der Waals surface area (Å²) < 4.78 is 20.7. The van der Waals surface area contributed by atoms with Gasteiger partial charge in [-0.05, 0) is 48.0 Å². The topological polar surface area (TPSA) is 109 Å². The van der Waals surface area contributed by atoms with E-state index in [4.69, 9.17) is 9.84 Å². The quantitative estimate of drug-likeness (QED) is 0.303. The smallest absolute Gasteiger partial charge is 0.276 e. The highest BCUT2D eigenvalue weighted by Gasteiger charge is 2.34. The van der Waals surface area contributed by atoms with Crippen molar-refractivity contribution in [2.75, 3.05) is 19.0 Å². The molecule has 0 saturated heterocycles. The molecule has 1 atom stereocenters. The zero-order valence-corrected chi connectivity index (χ0v) is 23.2. The summed E-state index contributed by atoms with van der Waals surface area (Å²) in [6.07, 6.45) is 2.29. The van der Waals surface area contributed by atoms with Gasteiger partial charge in [0.05, 0.1) is 20.2 Å². The molecule has 0 bridgehead atoms. The van der Waals surface area contributed by atoms with Crippen LogP contribution in [0.1, 0.15) is 69.5 Å². The number of nitrogens with zero attached hydrogens (tertiary/aromatic N) is 3. The van der Waals surface area contributed by atoms with Crippen molar-refractivity contribution in [3.8, 4) is 5.75 Å². The normalized spacial score (nSPS) is 14.4. The first-order chi connectivity index (χ1) is 19.8. The summed E-state index contributed by atoms with van der Waals surface area (Å²) in [4.78, 5) is 43.7. The number of amides is 2. The number of nitrogens with one attached hydrogen (secondary N) is 2. The molecule has 0 radical (unpaired) electrons. The van der Waals surface area contributed by atoms with Crippen molar-refractivity contribution in [3.63, 3.8) is 0 Å². The van der Waals surface area contributed by atoms with E-state index in [-0.39, 0.29) is 42.1 Å². The van der Waals surface area contributed by atoms with E-state index in [1.807, 2.05) is 6.92 Å². The van der Waals surface area contributed by atoms with Crippen LogP contribution in [0.5, 0.6) is 5.75 Å². The van der Waals surface area contributed by atoms with Gasteiger partial charge in [0.25, 0.3) is 11.8 Å². The molecule has 1 aliphatic heterocycles. The van der Waals surface area contributed by atoms with Gasteiger partial charge in [0, 0.05) is 54.0 Å². The first kappa shape index (κ1) is 27.8. The minimum Gasteiger partial charge on any atom is -0.496 e. The van der Waals surface area contributed by atoms with Gasteiger partial charge in [-0.2, -0.15) is 5.10 Å². The number of H-pyrrole nitrogens is 1. The van der Waals surface area contributed by atoms with Crippen LogP contribution in [0.3, 0.4) is 0 Å². The lowest BCUT2D eigenvalue weighted by Crippen LogP contribution is -2.38. The van der Waals surface area contributed by atoms with E-state index in [0.29, 0.717) is 47.8 Å². The molecule has 2 aromatic heterocycles. The number of ketones is 1. The lowest BCUT2D eigenvalue weighted by molar-refractivity contribution is -0.118. The Hall–Kier alpha value is -4.73. The molecule has 41 heavy (non-hydrogen) atoms. The van der Waals surface area contributed by atoms with Crippen molar-refractivity contribution in [2.24, 2.45) is 0 Å². The molecule has 3 heterocycles. The molecule has 0 saturated carbocycles. The van der Waals surface area contributed by atoms with Crippen LogP contribution in [0.15, 0.2) is 60.8 Å². The number of aromatic amines is 1. The second-order valence-electron chi connectivity index (χ2n) is 10.2. The summed E-state index contributed by atoms with van der Waals surface area (Å²) in [6.45, 7) is 4.81. The Morgan fingerprint density at radius 1 is 1.15 bits per heavy atom. The molecule has 212 valence electrons. The van der Waals surface area contributed by atoms with Gasteiger partial charge in [-0.25, -0.2) is 4.39 Å². The zero-order chi connectivity index (χ0) is 29.1. The van der Waals surface area contributed by atoms with Crippen LogP contribution in [-0.2, 0) is 24.3 Å². The fraction of sp³-hybridized carbons (Fsp3) is 0.290. The molecule has 0 spiro atoms. The van der Waals surface area contributed by atoms with E-state index in [9.17, 15) is 18.8 Å². The van der Waals surface area contributed by atoms with Gasteiger partial charge in [0.15, 0.2) is 5.69 Å². The maximum absolute atomic E-state index is 13.7. The molecule has 1 unspecified atom stereocenters. The van der Waals surface area contributed by atoms with Crippen molar-refractivity contribution >= 4 is 23.3 Å². The molecule has 2 aromatic carbocycles. The molecule has 2 N–H and O–H groups in total. The maximum Gasteiger partial charge on any atom is 0.276 e. The van der Waals surface area contributed by atoms with Crippen molar-refractivity contribution in [3.05, 3.63) is 100 Å². The van der Waals surface area contributed by atoms with Gasteiger partial charge >= 0.3 is 0 Å².